The highest BCUT2D eigenvalue weighted by molar-refractivity contribution is 5.97. The Labute approximate surface area is 166 Å². The second-order valence-corrected chi connectivity index (χ2v) is 7.46. The summed E-state index contributed by atoms with van der Waals surface area (Å²) in [5.74, 6) is 2.85. The minimum atomic E-state index is -1.11. The van der Waals surface area contributed by atoms with Gasteiger partial charge in [-0.2, -0.15) is 4.90 Å². The first-order valence-electron chi connectivity index (χ1n) is 10.2. The molecule has 0 aromatic heterocycles. The smallest absolute Gasteiger partial charge is 0.275 e. The van der Waals surface area contributed by atoms with Gasteiger partial charge in [0.05, 0.1) is 20.3 Å². The fraction of sp³-hybridized carbons (Fsp3) is 0.435. The zero-order chi connectivity index (χ0) is 19.6. The van der Waals surface area contributed by atoms with Crippen LogP contribution in [0.25, 0.3) is 0 Å². The highest BCUT2D eigenvalue weighted by atomic mass is 16.5. The number of nitrogens with zero attached hydrogens (tertiary/aromatic N) is 2. The van der Waals surface area contributed by atoms with Gasteiger partial charge < -0.3 is 14.6 Å². The minimum Gasteiger partial charge on any atom is -0.497 e. The number of anilines is 1. The SMILES string of the molecule is CCOc1ccc(C2(O)C[N+]3=C(CCCCC3)N2c2ccc(OC)cc2)cc1. The first kappa shape index (κ1) is 18.8. The zero-order valence-corrected chi connectivity index (χ0v) is 16.7. The lowest BCUT2D eigenvalue weighted by Crippen LogP contribution is -2.47. The van der Waals surface area contributed by atoms with E-state index < -0.39 is 5.72 Å². The van der Waals surface area contributed by atoms with Gasteiger partial charge in [-0.25, -0.2) is 0 Å². The quantitative estimate of drug-likeness (QED) is 0.802. The molecule has 0 fully saturated rings. The highest BCUT2D eigenvalue weighted by Crippen LogP contribution is 2.38. The van der Waals surface area contributed by atoms with Crippen LogP contribution in [0.15, 0.2) is 48.5 Å². The molecule has 4 rings (SSSR count). The molecule has 1 unspecified atom stereocenters. The summed E-state index contributed by atoms with van der Waals surface area (Å²) in [7, 11) is 1.67. The first-order chi connectivity index (χ1) is 13.7. The predicted molar refractivity (Wildman–Crippen MR) is 110 cm³/mol. The summed E-state index contributed by atoms with van der Waals surface area (Å²) in [5.41, 5.74) is 0.760. The maximum atomic E-state index is 11.9. The lowest BCUT2D eigenvalue weighted by molar-refractivity contribution is -0.534. The van der Waals surface area contributed by atoms with Crippen molar-refractivity contribution in [1.82, 2.24) is 0 Å². The Morgan fingerprint density at radius 3 is 2.39 bits per heavy atom. The molecule has 5 heteroatoms. The lowest BCUT2D eigenvalue weighted by atomic mass is 9.99. The van der Waals surface area contributed by atoms with E-state index in [1.165, 1.54) is 18.7 Å². The Morgan fingerprint density at radius 1 is 1.00 bits per heavy atom. The van der Waals surface area contributed by atoms with Gasteiger partial charge >= 0.3 is 0 Å². The second kappa shape index (κ2) is 7.84. The number of ether oxygens (including phenoxy) is 2. The van der Waals surface area contributed by atoms with Crippen LogP contribution in [0.5, 0.6) is 11.5 Å². The Balaban J connectivity index is 1.75. The summed E-state index contributed by atoms with van der Waals surface area (Å²) in [4.78, 5) is 2.12. The van der Waals surface area contributed by atoms with E-state index in [1.54, 1.807) is 7.11 Å². The van der Waals surface area contributed by atoms with Gasteiger partial charge in [-0.05, 0) is 74.7 Å². The minimum absolute atomic E-state index is 0.572. The van der Waals surface area contributed by atoms with Crippen molar-refractivity contribution in [3.63, 3.8) is 0 Å². The van der Waals surface area contributed by atoms with E-state index in [2.05, 4.69) is 9.48 Å². The van der Waals surface area contributed by atoms with Gasteiger partial charge in [0, 0.05) is 12.0 Å². The molecule has 2 aromatic carbocycles. The van der Waals surface area contributed by atoms with Crippen LogP contribution >= 0.6 is 0 Å². The third kappa shape index (κ3) is 3.35. The third-order valence-electron chi connectivity index (χ3n) is 5.69. The first-order valence-corrected chi connectivity index (χ1v) is 10.2. The standard InChI is InChI=1S/C23H29N2O3/c1-3-28-21-12-8-18(9-13-21)23(26)17-24-16-6-4-5-7-22(24)25(23)19-10-14-20(27-2)15-11-19/h8-15,26H,3-7,16-17H2,1-2H3/q+1. The zero-order valence-electron chi connectivity index (χ0n) is 16.7. The van der Waals surface area contributed by atoms with Gasteiger partial charge in [-0.1, -0.05) is 0 Å². The Bertz CT molecular complexity index is 845. The van der Waals surface area contributed by atoms with E-state index in [-0.39, 0.29) is 0 Å². The summed E-state index contributed by atoms with van der Waals surface area (Å²) in [6, 6.07) is 15.8. The van der Waals surface area contributed by atoms with E-state index in [1.807, 2.05) is 55.5 Å². The van der Waals surface area contributed by atoms with Gasteiger partial charge in [0.2, 0.25) is 0 Å². The van der Waals surface area contributed by atoms with Crippen LogP contribution < -0.4 is 14.4 Å². The number of rotatable bonds is 5. The molecular formula is C23H29N2O3+. The van der Waals surface area contributed by atoms with Crippen molar-refractivity contribution in [3.05, 3.63) is 54.1 Å². The fourth-order valence-corrected chi connectivity index (χ4v) is 4.32. The number of hydrogen-bond acceptors (Lipinski definition) is 4. The molecular weight excluding hydrogens is 352 g/mol. The van der Waals surface area contributed by atoms with Gasteiger partial charge in [-0.3, -0.25) is 4.58 Å². The Morgan fingerprint density at radius 2 is 1.71 bits per heavy atom. The van der Waals surface area contributed by atoms with E-state index >= 15 is 0 Å². The number of aliphatic hydroxyl groups is 1. The summed E-state index contributed by atoms with van der Waals surface area (Å²) < 4.78 is 13.3. The normalized spacial score (nSPS) is 22.0. The van der Waals surface area contributed by atoms with Crippen molar-refractivity contribution in [2.75, 3.05) is 31.7 Å². The maximum Gasteiger partial charge on any atom is 0.275 e. The van der Waals surface area contributed by atoms with Gasteiger partial charge in [0.15, 0.2) is 6.54 Å². The van der Waals surface area contributed by atoms with Crippen LogP contribution in [0.2, 0.25) is 0 Å². The average molecular weight is 381 g/mol. The summed E-state index contributed by atoms with van der Waals surface area (Å²) in [6.45, 7) is 4.17. The average Bonchev–Trinajstić information content (AvgIpc) is 2.85. The molecule has 0 saturated heterocycles. The molecule has 2 heterocycles. The number of hydrogen-bond donors (Lipinski definition) is 1. The Hall–Kier alpha value is -2.53. The molecule has 0 bridgehead atoms. The fourth-order valence-electron chi connectivity index (χ4n) is 4.32. The van der Waals surface area contributed by atoms with Gasteiger partial charge in [-0.15, -0.1) is 0 Å². The molecule has 0 amide bonds. The van der Waals surface area contributed by atoms with Crippen LogP contribution in [0, 0.1) is 0 Å². The molecule has 148 valence electrons. The summed E-state index contributed by atoms with van der Waals surface area (Å²) in [6.07, 6.45) is 4.53. The number of benzene rings is 2. The number of methoxy groups -OCH3 is 1. The second-order valence-electron chi connectivity index (χ2n) is 7.46. The molecule has 0 spiro atoms. The van der Waals surface area contributed by atoms with Crippen LogP contribution in [0.4, 0.5) is 5.69 Å². The van der Waals surface area contributed by atoms with Crippen molar-refractivity contribution in [3.8, 4) is 11.5 Å². The summed E-state index contributed by atoms with van der Waals surface area (Å²) >= 11 is 0. The van der Waals surface area contributed by atoms with Crippen molar-refractivity contribution in [1.29, 1.82) is 0 Å². The third-order valence-corrected chi connectivity index (χ3v) is 5.69. The number of amidine groups is 1. The van der Waals surface area contributed by atoms with Crippen LogP contribution in [-0.2, 0) is 5.72 Å². The van der Waals surface area contributed by atoms with Crippen LogP contribution in [-0.4, -0.2) is 42.3 Å². The molecule has 28 heavy (non-hydrogen) atoms. The van der Waals surface area contributed by atoms with Crippen LogP contribution in [0.1, 0.15) is 38.2 Å². The molecule has 2 aliphatic heterocycles. The lowest BCUT2D eigenvalue weighted by Gasteiger charge is -2.29. The molecule has 0 radical (unpaired) electrons. The molecule has 1 atom stereocenters. The van der Waals surface area contributed by atoms with E-state index in [0.717, 1.165) is 42.1 Å². The van der Waals surface area contributed by atoms with Crippen molar-refractivity contribution in [2.45, 2.75) is 38.3 Å². The molecule has 1 N–H and O–H groups in total. The van der Waals surface area contributed by atoms with E-state index in [4.69, 9.17) is 9.47 Å². The van der Waals surface area contributed by atoms with E-state index in [0.29, 0.717) is 13.2 Å². The molecule has 2 aromatic rings. The predicted octanol–water partition coefficient (Wildman–Crippen LogP) is 3.74. The van der Waals surface area contributed by atoms with Gasteiger partial charge in [0.25, 0.3) is 11.6 Å². The topological polar surface area (TPSA) is 44.9 Å². The van der Waals surface area contributed by atoms with Crippen LogP contribution in [0.3, 0.4) is 0 Å². The van der Waals surface area contributed by atoms with Crippen molar-refractivity contribution in [2.24, 2.45) is 0 Å². The van der Waals surface area contributed by atoms with Crippen molar-refractivity contribution < 1.29 is 19.2 Å². The largest absolute Gasteiger partial charge is 0.497 e. The molecule has 5 nitrogen and oxygen atoms in total. The van der Waals surface area contributed by atoms with E-state index in [9.17, 15) is 5.11 Å². The van der Waals surface area contributed by atoms with Crippen molar-refractivity contribution >= 4 is 11.5 Å². The molecule has 2 aliphatic rings. The van der Waals surface area contributed by atoms with Gasteiger partial charge in [0.1, 0.15) is 17.2 Å². The molecule has 0 aliphatic carbocycles. The highest BCUT2D eigenvalue weighted by Gasteiger charge is 2.54. The summed E-state index contributed by atoms with van der Waals surface area (Å²) in [5, 5.41) is 11.9. The monoisotopic (exact) mass is 381 g/mol. The molecule has 0 saturated carbocycles. The Kier molecular flexibility index (Phi) is 5.27. The maximum absolute atomic E-state index is 11.9.